The van der Waals surface area contributed by atoms with Crippen LogP contribution in [0.1, 0.15) is 31.2 Å². The second kappa shape index (κ2) is 13.5. The number of amidine groups is 1. The zero-order valence-corrected chi connectivity index (χ0v) is 21.8. The molecule has 1 aliphatic carbocycles. The van der Waals surface area contributed by atoms with Crippen LogP contribution in [-0.2, 0) is 19.1 Å². The van der Waals surface area contributed by atoms with Crippen molar-refractivity contribution >= 4 is 41.8 Å². The number of esters is 1. The summed E-state index contributed by atoms with van der Waals surface area (Å²) in [6.45, 7) is 4.58. The maximum absolute atomic E-state index is 12.8. The zero-order valence-electron chi connectivity index (χ0n) is 21.0. The molecular formula is C25H37ClN6O5. The molecule has 0 radical (unpaired) electrons. The average molecular weight is 537 g/mol. The minimum absolute atomic E-state index is 0. The third kappa shape index (κ3) is 7.72. The Hall–Kier alpha value is -3.05. The molecule has 0 unspecified atom stereocenters. The highest BCUT2D eigenvalue weighted by Crippen LogP contribution is 2.26. The number of carbonyl (C=O) groups is 3. The number of benzene rings is 1. The first-order valence-electron chi connectivity index (χ1n) is 12.7. The van der Waals surface area contributed by atoms with Crippen molar-refractivity contribution in [2.45, 2.75) is 31.7 Å². The number of carbonyl (C=O) groups excluding carboxylic acids is 3. The van der Waals surface area contributed by atoms with Gasteiger partial charge in [-0.3, -0.25) is 15.0 Å². The lowest BCUT2D eigenvalue weighted by Crippen LogP contribution is -2.54. The Labute approximate surface area is 223 Å². The predicted molar refractivity (Wildman–Crippen MR) is 141 cm³/mol. The number of amides is 3. The molecule has 1 aromatic rings. The Kier molecular flexibility index (Phi) is 10.4. The van der Waals surface area contributed by atoms with E-state index in [2.05, 4.69) is 10.2 Å². The Morgan fingerprint density at radius 2 is 1.57 bits per heavy atom. The van der Waals surface area contributed by atoms with Crippen LogP contribution in [0.2, 0.25) is 0 Å². The summed E-state index contributed by atoms with van der Waals surface area (Å²) in [6, 6.07) is 7.55. The number of piperazine rings is 1. The highest BCUT2D eigenvalue weighted by atomic mass is 35.5. The molecule has 3 amide bonds. The third-order valence-electron chi connectivity index (χ3n) is 7.20. The number of urea groups is 1. The van der Waals surface area contributed by atoms with Gasteiger partial charge in [-0.25, -0.2) is 4.79 Å². The summed E-state index contributed by atoms with van der Waals surface area (Å²) in [5.41, 5.74) is 7.27. The molecule has 37 heavy (non-hydrogen) atoms. The first-order chi connectivity index (χ1) is 17.4. The van der Waals surface area contributed by atoms with E-state index in [4.69, 9.17) is 20.6 Å². The van der Waals surface area contributed by atoms with Gasteiger partial charge in [0.25, 0.3) is 5.91 Å². The van der Waals surface area contributed by atoms with Gasteiger partial charge in [0.2, 0.25) is 0 Å². The minimum atomic E-state index is -0.325. The smallest absolute Gasteiger partial charge is 0.317 e. The second-order valence-electron chi connectivity index (χ2n) is 9.53. The summed E-state index contributed by atoms with van der Waals surface area (Å²) in [4.78, 5) is 43.1. The van der Waals surface area contributed by atoms with Gasteiger partial charge in [-0.05, 0) is 49.9 Å². The number of halogens is 1. The average Bonchev–Trinajstić information content (AvgIpc) is 2.92. The van der Waals surface area contributed by atoms with Crippen molar-refractivity contribution in [2.24, 2.45) is 11.7 Å². The van der Waals surface area contributed by atoms with Crippen LogP contribution in [0, 0.1) is 11.3 Å². The van der Waals surface area contributed by atoms with Gasteiger partial charge >= 0.3 is 12.0 Å². The van der Waals surface area contributed by atoms with E-state index in [0.717, 1.165) is 18.8 Å². The Balaban J connectivity index is 0.00000380. The summed E-state index contributed by atoms with van der Waals surface area (Å²) < 4.78 is 10.5. The van der Waals surface area contributed by atoms with Crippen LogP contribution >= 0.6 is 12.4 Å². The number of hydrogen-bond acceptors (Lipinski definition) is 7. The number of ether oxygens (including phenoxy) is 2. The predicted octanol–water partition coefficient (Wildman–Crippen LogP) is 1.18. The number of rotatable bonds is 6. The van der Waals surface area contributed by atoms with Crippen molar-refractivity contribution in [3.05, 3.63) is 29.8 Å². The van der Waals surface area contributed by atoms with Crippen LogP contribution in [-0.4, -0.2) is 98.7 Å². The molecule has 1 saturated carbocycles. The SMILES string of the molecule is Cl.N=C(N)c1ccc(N2CCN(C(=O)N[C@H]3CC[C@H](C(=O)OCC(=O)N4CCOCC4)CC3)CC2)cc1. The van der Waals surface area contributed by atoms with Crippen molar-refractivity contribution in [2.75, 3.05) is 64.0 Å². The van der Waals surface area contributed by atoms with Gasteiger partial charge in [-0.2, -0.15) is 0 Å². The van der Waals surface area contributed by atoms with Crippen molar-refractivity contribution in [3.8, 4) is 0 Å². The number of nitrogen functional groups attached to an aromatic ring is 1. The van der Waals surface area contributed by atoms with E-state index in [9.17, 15) is 14.4 Å². The molecule has 3 fully saturated rings. The van der Waals surface area contributed by atoms with E-state index in [1.165, 1.54) is 0 Å². The van der Waals surface area contributed by atoms with E-state index in [1.807, 2.05) is 29.2 Å². The fraction of sp³-hybridized carbons (Fsp3) is 0.600. The first-order valence-corrected chi connectivity index (χ1v) is 12.7. The summed E-state index contributed by atoms with van der Waals surface area (Å²) in [7, 11) is 0. The molecule has 11 nitrogen and oxygen atoms in total. The molecular weight excluding hydrogens is 500 g/mol. The van der Waals surface area contributed by atoms with Gasteiger partial charge in [0.15, 0.2) is 6.61 Å². The number of nitrogens with one attached hydrogen (secondary N) is 2. The van der Waals surface area contributed by atoms with Crippen molar-refractivity contribution in [3.63, 3.8) is 0 Å². The van der Waals surface area contributed by atoms with Gasteiger partial charge in [0.1, 0.15) is 5.84 Å². The van der Waals surface area contributed by atoms with Gasteiger partial charge in [-0.1, -0.05) is 0 Å². The molecule has 4 rings (SSSR count). The highest BCUT2D eigenvalue weighted by molar-refractivity contribution is 5.95. The Morgan fingerprint density at radius 1 is 0.946 bits per heavy atom. The van der Waals surface area contributed by atoms with E-state index >= 15 is 0 Å². The van der Waals surface area contributed by atoms with E-state index < -0.39 is 0 Å². The van der Waals surface area contributed by atoms with Crippen molar-refractivity contribution in [1.29, 1.82) is 5.41 Å². The standard InChI is InChI=1S/C25H36N6O5.ClH/c26-23(27)18-3-7-21(8-4-18)29-9-11-31(12-10-29)25(34)28-20-5-1-19(2-6-20)24(33)36-17-22(32)30-13-15-35-16-14-30;/h3-4,7-8,19-20H,1-2,5-6,9-17H2,(H3,26,27)(H,28,34);1H/t19-,20-;. The van der Waals surface area contributed by atoms with E-state index in [1.54, 1.807) is 4.90 Å². The normalized spacial score (nSPS) is 22.0. The van der Waals surface area contributed by atoms with E-state index in [-0.39, 0.29) is 54.7 Å². The van der Waals surface area contributed by atoms with E-state index in [0.29, 0.717) is 70.6 Å². The van der Waals surface area contributed by atoms with Crippen molar-refractivity contribution in [1.82, 2.24) is 15.1 Å². The van der Waals surface area contributed by atoms with Crippen LogP contribution < -0.4 is 16.0 Å². The lowest BCUT2D eigenvalue weighted by molar-refractivity contribution is -0.157. The molecule has 0 bridgehead atoms. The summed E-state index contributed by atoms with van der Waals surface area (Å²) in [5.74, 6) is -0.684. The molecule has 2 heterocycles. The highest BCUT2D eigenvalue weighted by Gasteiger charge is 2.30. The monoisotopic (exact) mass is 536 g/mol. The molecule has 2 aliphatic heterocycles. The fourth-order valence-electron chi connectivity index (χ4n) is 4.91. The van der Waals surface area contributed by atoms with Crippen LogP contribution in [0.15, 0.2) is 24.3 Å². The largest absolute Gasteiger partial charge is 0.455 e. The molecule has 0 aromatic heterocycles. The summed E-state index contributed by atoms with van der Waals surface area (Å²) in [5, 5.41) is 10.6. The lowest BCUT2D eigenvalue weighted by Gasteiger charge is -2.37. The first kappa shape index (κ1) is 28.5. The quantitative estimate of drug-likeness (QED) is 0.281. The summed E-state index contributed by atoms with van der Waals surface area (Å²) in [6.07, 6.45) is 2.70. The third-order valence-corrected chi connectivity index (χ3v) is 7.20. The fourth-order valence-corrected chi connectivity index (χ4v) is 4.91. The Morgan fingerprint density at radius 3 is 2.16 bits per heavy atom. The molecule has 1 aromatic carbocycles. The van der Waals surface area contributed by atoms with Gasteiger partial charge in [0, 0.05) is 56.6 Å². The van der Waals surface area contributed by atoms with Gasteiger partial charge in [-0.15, -0.1) is 12.4 Å². The number of hydrogen-bond donors (Lipinski definition) is 3. The zero-order chi connectivity index (χ0) is 25.5. The summed E-state index contributed by atoms with van der Waals surface area (Å²) >= 11 is 0. The minimum Gasteiger partial charge on any atom is -0.455 e. The van der Waals surface area contributed by atoms with Crippen LogP contribution in [0.5, 0.6) is 0 Å². The topological polar surface area (TPSA) is 141 Å². The van der Waals surface area contributed by atoms with Crippen LogP contribution in [0.3, 0.4) is 0 Å². The maximum Gasteiger partial charge on any atom is 0.317 e. The van der Waals surface area contributed by atoms with Crippen LogP contribution in [0.25, 0.3) is 0 Å². The number of anilines is 1. The molecule has 204 valence electrons. The van der Waals surface area contributed by atoms with Gasteiger partial charge in [0.05, 0.1) is 19.1 Å². The number of nitrogens with zero attached hydrogens (tertiary/aromatic N) is 3. The van der Waals surface area contributed by atoms with Crippen LogP contribution in [0.4, 0.5) is 10.5 Å². The molecule has 0 atom stereocenters. The Bertz CT molecular complexity index is 939. The van der Waals surface area contributed by atoms with Gasteiger partial charge < -0.3 is 35.2 Å². The van der Waals surface area contributed by atoms with Crippen molar-refractivity contribution < 1.29 is 23.9 Å². The number of nitrogens with two attached hydrogens (primary N) is 1. The molecule has 3 aliphatic rings. The molecule has 0 spiro atoms. The molecule has 12 heteroatoms. The second-order valence-corrected chi connectivity index (χ2v) is 9.53. The lowest BCUT2D eigenvalue weighted by atomic mass is 9.86. The molecule has 4 N–H and O–H groups in total. The number of morpholine rings is 1. The molecule has 2 saturated heterocycles. The maximum atomic E-state index is 12.8.